The molecule has 1 fully saturated rings. The van der Waals surface area contributed by atoms with Crippen LogP contribution >= 0.6 is 0 Å². The number of carbonyl (C=O) groups excluding carboxylic acids is 1. The van der Waals surface area contributed by atoms with Gasteiger partial charge in [0.15, 0.2) is 0 Å². The maximum Gasteiger partial charge on any atom is 0.243 e. The van der Waals surface area contributed by atoms with Crippen LogP contribution < -0.4 is 10.1 Å². The Kier molecular flexibility index (Phi) is 9.50. The number of carbonyl (C=O) groups is 1. The number of hydrogen-bond acceptors (Lipinski definition) is 5. The lowest BCUT2D eigenvalue weighted by atomic mass is 10.1. The molecule has 2 aromatic carbocycles. The van der Waals surface area contributed by atoms with Crippen molar-refractivity contribution in [3.05, 3.63) is 59.7 Å². The molecule has 1 heterocycles. The Morgan fingerprint density at radius 3 is 2.35 bits per heavy atom. The van der Waals surface area contributed by atoms with Crippen LogP contribution in [0.1, 0.15) is 49.3 Å². The van der Waals surface area contributed by atoms with Gasteiger partial charge in [0, 0.05) is 26.1 Å². The monoisotopic (exact) mass is 487 g/mol. The van der Waals surface area contributed by atoms with Gasteiger partial charge in [-0.25, -0.2) is 8.42 Å². The van der Waals surface area contributed by atoms with Crippen molar-refractivity contribution in [3.8, 4) is 5.75 Å². The number of benzene rings is 2. The molecular weight excluding hydrogens is 450 g/mol. The van der Waals surface area contributed by atoms with Crippen molar-refractivity contribution >= 4 is 15.9 Å². The maximum atomic E-state index is 12.9. The third-order valence-corrected chi connectivity index (χ3v) is 8.27. The molecule has 0 spiro atoms. The van der Waals surface area contributed by atoms with Crippen LogP contribution in [-0.2, 0) is 21.2 Å². The number of methoxy groups -OCH3 is 1. The Hall–Kier alpha value is -2.42. The van der Waals surface area contributed by atoms with Gasteiger partial charge in [-0.15, -0.1) is 0 Å². The molecule has 8 heteroatoms. The van der Waals surface area contributed by atoms with Gasteiger partial charge in [-0.2, -0.15) is 4.31 Å². The van der Waals surface area contributed by atoms with Crippen molar-refractivity contribution < 1.29 is 17.9 Å². The van der Waals surface area contributed by atoms with Gasteiger partial charge in [0.2, 0.25) is 15.9 Å². The molecule has 1 aliphatic rings. The normalized spacial score (nSPS) is 16.1. The number of nitrogens with one attached hydrogen (secondary N) is 1. The number of rotatable bonds is 10. The first-order chi connectivity index (χ1) is 16.3. The van der Waals surface area contributed by atoms with Gasteiger partial charge in [-0.05, 0) is 68.8 Å². The highest BCUT2D eigenvalue weighted by atomic mass is 32.2. The molecule has 1 amide bonds. The highest BCUT2D eigenvalue weighted by molar-refractivity contribution is 7.89. The molecule has 1 aliphatic heterocycles. The number of sulfonamides is 1. The predicted octanol–water partition coefficient (Wildman–Crippen LogP) is 3.61. The number of ether oxygens (including phenoxy) is 1. The fraction of sp³-hybridized carbons (Fsp3) is 0.500. The second-order valence-corrected chi connectivity index (χ2v) is 11.0. The van der Waals surface area contributed by atoms with Crippen molar-refractivity contribution in [3.63, 3.8) is 0 Å². The molecule has 1 unspecified atom stereocenters. The summed E-state index contributed by atoms with van der Waals surface area (Å²) >= 11 is 0. The maximum absolute atomic E-state index is 12.9. The topological polar surface area (TPSA) is 78.9 Å². The van der Waals surface area contributed by atoms with E-state index >= 15 is 0 Å². The molecule has 1 saturated heterocycles. The first-order valence-corrected chi connectivity index (χ1v) is 13.4. The second kappa shape index (κ2) is 12.3. The van der Waals surface area contributed by atoms with Crippen LogP contribution in [0, 0.1) is 0 Å². The smallest absolute Gasteiger partial charge is 0.243 e. The van der Waals surface area contributed by atoms with E-state index in [1.807, 2.05) is 50.5 Å². The van der Waals surface area contributed by atoms with Crippen LogP contribution in [0.2, 0.25) is 0 Å². The number of nitrogens with zero attached hydrogens (tertiary/aromatic N) is 2. The zero-order chi connectivity index (χ0) is 24.6. The Labute approximate surface area is 204 Å². The van der Waals surface area contributed by atoms with Crippen molar-refractivity contribution in [2.45, 2.75) is 49.5 Å². The van der Waals surface area contributed by atoms with E-state index in [1.165, 1.54) is 0 Å². The lowest BCUT2D eigenvalue weighted by molar-refractivity contribution is -0.121. The minimum Gasteiger partial charge on any atom is -0.497 e. The number of aryl methyl sites for hydroxylation is 1. The van der Waals surface area contributed by atoms with E-state index in [2.05, 4.69) is 10.2 Å². The standard InChI is InChI=1S/C26H37N3O4S/c1-28(2)25(22-9-8-10-23(19-22)33-3)20-27-26(30)16-13-21-11-14-24(15-12-21)34(31,32)29-17-6-4-5-7-18-29/h8-12,14-15,19,25H,4-7,13,16-18,20H2,1-3H3,(H,27,30). The van der Waals surface area contributed by atoms with Crippen LogP contribution in [0.4, 0.5) is 0 Å². The lowest BCUT2D eigenvalue weighted by Gasteiger charge is -2.25. The molecule has 1 atom stereocenters. The Balaban J connectivity index is 1.53. The molecule has 0 aliphatic carbocycles. The second-order valence-electron chi connectivity index (χ2n) is 9.02. The van der Waals surface area contributed by atoms with Gasteiger partial charge in [0.05, 0.1) is 18.0 Å². The fourth-order valence-corrected chi connectivity index (χ4v) is 5.78. The van der Waals surface area contributed by atoms with Gasteiger partial charge >= 0.3 is 0 Å². The van der Waals surface area contributed by atoms with Gasteiger partial charge in [-0.3, -0.25) is 4.79 Å². The predicted molar refractivity (Wildman–Crippen MR) is 134 cm³/mol. The van der Waals surface area contributed by atoms with Gasteiger partial charge < -0.3 is 15.0 Å². The molecule has 2 aromatic rings. The summed E-state index contributed by atoms with van der Waals surface area (Å²) in [4.78, 5) is 14.9. The summed E-state index contributed by atoms with van der Waals surface area (Å²) in [7, 11) is 2.16. The summed E-state index contributed by atoms with van der Waals surface area (Å²) in [6.07, 6.45) is 4.90. The summed E-state index contributed by atoms with van der Waals surface area (Å²) in [5.41, 5.74) is 2.02. The first kappa shape index (κ1) is 26.2. The molecule has 0 radical (unpaired) electrons. The van der Waals surface area contributed by atoms with Crippen LogP contribution in [0.25, 0.3) is 0 Å². The van der Waals surface area contributed by atoms with Gasteiger partial charge in [0.25, 0.3) is 0 Å². The third kappa shape index (κ3) is 7.04. The van der Waals surface area contributed by atoms with Crippen LogP contribution in [0.15, 0.2) is 53.4 Å². The lowest BCUT2D eigenvalue weighted by Crippen LogP contribution is -2.34. The quantitative estimate of drug-likeness (QED) is 0.554. The van der Waals surface area contributed by atoms with E-state index in [0.29, 0.717) is 37.4 Å². The highest BCUT2D eigenvalue weighted by Crippen LogP contribution is 2.23. The molecule has 186 valence electrons. The fourth-order valence-electron chi connectivity index (χ4n) is 4.26. The third-order valence-electron chi connectivity index (χ3n) is 6.36. The van der Waals surface area contributed by atoms with E-state index < -0.39 is 10.0 Å². The molecule has 0 aromatic heterocycles. The average Bonchev–Trinajstić information content (AvgIpc) is 3.13. The zero-order valence-corrected chi connectivity index (χ0v) is 21.3. The Bertz CT molecular complexity index is 1030. The summed E-state index contributed by atoms with van der Waals surface area (Å²) in [5, 5.41) is 3.03. The van der Waals surface area contributed by atoms with Crippen LogP contribution in [0.5, 0.6) is 5.75 Å². The van der Waals surface area contributed by atoms with E-state index in [1.54, 1.807) is 23.5 Å². The van der Waals surface area contributed by atoms with E-state index in [0.717, 1.165) is 42.6 Å². The van der Waals surface area contributed by atoms with Crippen LogP contribution in [-0.4, -0.2) is 64.4 Å². The van der Waals surface area contributed by atoms with Gasteiger partial charge in [-0.1, -0.05) is 37.1 Å². The average molecular weight is 488 g/mol. The number of hydrogen-bond donors (Lipinski definition) is 1. The molecule has 1 N–H and O–H groups in total. The number of likely N-dealkylation sites (N-methyl/N-ethyl adjacent to an activating group) is 1. The minimum atomic E-state index is -3.45. The van der Waals surface area contributed by atoms with Crippen molar-refractivity contribution in [1.82, 2.24) is 14.5 Å². The van der Waals surface area contributed by atoms with Crippen molar-refractivity contribution in [2.75, 3.05) is 40.8 Å². The van der Waals surface area contributed by atoms with E-state index in [9.17, 15) is 13.2 Å². The Morgan fingerprint density at radius 2 is 1.74 bits per heavy atom. The molecule has 34 heavy (non-hydrogen) atoms. The highest BCUT2D eigenvalue weighted by Gasteiger charge is 2.25. The van der Waals surface area contributed by atoms with Gasteiger partial charge in [0.1, 0.15) is 5.75 Å². The van der Waals surface area contributed by atoms with E-state index in [-0.39, 0.29) is 11.9 Å². The van der Waals surface area contributed by atoms with Crippen molar-refractivity contribution in [1.29, 1.82) is 0 Å². The van der Waals surface area contributed by atoms with Crippen LogP contribution in [0.3, 0.4) is 0 Å². The molecule has 0 saturated carbocycles. The minimum absolute atomic E-state index is 0.0301. The summed E-state index contributed by atoms with van der Waals surface area (Å²) in [5.74, 6) is 0.757. The molecule has 0 bridgehead atoms. The summed E-state index contributed by atoms with van der Waals surface area (Å²) < 4.78 is 32.8. The largest absolute Gasteiger partial charge is 0.497 e. The first-order valence-electron chi connectivity index (χ1n) is 12.0. The summed E-state index contributed by atoms with van der Waals surface area (Å²) in [6.45, 7) is 1.67. The molecule has 3 rings (SSSR count). The number of amides is 1. The summed E-state index contributed by atoms with van der Waals surface area (Å²) in [6, 6.07) is 14.9. The Morgan fingerprint density at radius 1 is 1.06 bits per heavy atom. The SMILES string of the molecule is COc1cccc(C(CNC(=O)CCc2ccc(S(=O)(=O)N3CCCCCC3)cc2)N(C)C)c1. The zero-order valence-electron chi connectivity index (χ0n) is 20.5. The molecular formula is C26H37N3O4S. The molecule has 7 nitrogen and oxygen atoms in total. The van der Waals surface area contributed by atoms with Crippen molar-refractivity contribution in [2.24, 2.45) is 0 Å². The van der Waals surface area contributed by atoms with E-state index in [4.69, 9.17) is 4.74 Å².